The number of carbonyl (C=O) groups is 2. The first-order valence-corrected chi connectivity index (χ1v) is 8.56. The van der Waals surface area contributed by atoms with Crippen molar-refractivity contribution in [3.63, 3.8) is 0 Å². The second-order valence-corrected chi connectivity index (χ2v) is 6.53. The number of nitrogens with one attached hydrogen (secondary N) is 1. The van der Waals surface area contributed by atoms with E-state index < -0.39 is 17.5 Å². The van der Waals surface area contributed by atoms with Crippen molar-refractivity contribution in [2.75, 3.05) is 13.1 Å². The van der Waals surface area contributed by atoms with Crippen molar-refractivity contribution >= 4 is 11.8 Å². The maximum atomic E-state index is 13.7. The summed E-state index contributed by atoms with van der Waals surface area (Å²) in [6.07, 6.45) is 1.18. The Hall–Kier alpha value is -2.76. The van der Waals surface area contributed by atoms with Crippen LogP contribution in [0.25, 0.3) is 0 Å². The fraction of sp³-hybridized carbons (Fsp3) is 0.300. The van der Waals surface area contributed by atoms with E-state index in [0.29, 0.717) is 37.6 Å². The molecule has 2 aromatic carbocycles. The number of piperidine rings is 1. The van der Waals surface area contributed by atoms with Crippen LogP contribution in [-0.4, -0.2) is 35.8 Å². The number of likely N-dealkylation sites (tertiary alicyclic amines) is 1. The predicted molar refractivity (Wildman–Crippen MR) is 93.9 cm³/mol. The van der Waals surface area contributed by atoms with Gasteiger partial charge in [0.05, 0.1) is 5.56 Å². The van der Waals surface area contributed by atoms with Crippen LogP contribution in [0, 0.1) is 18.6 Å². The Bertz CT molecular complexity index is 830. The van der Waals surface area contributed by atoms with Gasteiger partial charge in [0.1, 0.15) is 11.6 Å². The summed E-state index contributed by atoms with van der Waals surface area (Å²) >= 11 is 0. The zero-order valence-corrected chi connectivity index (χ0v) is 14.5. The van der Waals surface area contributed by atoms with E-state index in [1.54, 1.807) is 11.0 Å². The van der Waals surface area contributed by atoms with Crippen molar-refractivity contribution in [2.24, 2.45) is 0 Å². The molecule has 1 aliphatic heterocycles. The molecule has 0 unspecified atom stereocenters. The van der Waals surface area contributed by atoms with E-state index in [9.17, 15) is 18.4 Å². The quantitative estimate of drug-likeness (QED) is 0.915. The molecule has 0 atom stereocenters. The second kappa shape index (κ2) is 7.64. The van der Waals surface area contributed by atoms with Gasteiger partial charge in [-0.25, -0.2) is 8.78 Å². The van der Waals surface area contributed by atoms with Crippen LogP contribution >= 0.6 is 0 Å². The van der Waals surface area contributed by atoms with Gasteiger partial charge in [-0.2, -0.15) is 0 Å². The van der Waals surface area contributed by atoms with Crippen molar-refractivity contribution in [3.05, 3.63) is 70.8 Å². The number of halogens is 2. The van der Waals surface area contributed by atoms with E-state index in [1.165, 1.54) is 0 Å². The number of nitrogens with zero attached hydrogens (tertiary/aromatic N) is 1. The number of hydrogen-bond acceptors (Lipinski definition) is 2. The minimum Gasteiger partial charge on any atom is -0.349 e. The number of rotatable bonds is 3. The third-order valence-electron chi connectivity index (χ3n) is 4.56. The van der Waals surface area contributed by atoms with E-state index in [2.05, 4.69) is 5.32 Å². The summed E-state index contributed by atoms with van der Waals surface area (Å²) in [6.45, 7) is 2.97. The van der Waals surface area contributed by atoms with E-state index in [1.807, 2.05) is 25.1 Å². The average molecular weight is 358 g/mol. The first-order valence-electron chi connectivity index (χ1n) is 8.56. The minimum absolute atomic E-state index is 0.0249. The molecule has 0 aromatic heterocycles. The van der Waals surface area contributed by atoms with Gasteiger partial charge in [-0.3, -0.25) is 9.59 Å². The Morgan fingerprint density at radius 3 is 2.46 bits per heavy atom. The molecule has 0 aliphatic carbocycles. The zero-order chi connectivity index (χ0) is 18.7. The van der Waals surface area contributed by atoms with Gasteiger partial charge in [-0.05, 0) is 44.0 Å². The van der Waals surface area contributed by atoms with Gasteiger partial charge in [0.2, 0.25) is 0 Å². The van der Waals surface area contributed by atoms with Crippen LogP contribution in [0.2, 0.25) is 0 Å². The van der Waals surface area contributed by atoms with E-state index in [0.717, 1.165) is 17.7 Å². The maximum Gasteiger partial charge on any atom is 0.254 e. The lowest BCUT2D eigenvalue weighted by Gasteiger charge is -2.32. The molecule has 2 amide bonds. The topological polar surface area (TPSA) is 49.4 Å². The minimum atomic E-state index is -0.880. The van der Waals surface area contributed by atoms with Gasteiger partial charge in [0.15, 0.2) is 0 Å². The lowest BCUT2D eigenvalue weighted by Crippen LogP contribution is -2.46. The number of benzene rings is 2. The van der Waals surface area contributed by atoms with E-state index in [4.69, 9.17) is 0 Å². The first-order chi connectivity index (χ1) is 12.4. The highest BCUT2D eigenvalue weighted by Crippen LogP contribution is 2.16. The molecule has 4 nitrogen and oxygen atoms in total. The van der Waals surface area contributed by atoms with Crippen LogP contribution in [0.1, 0.15) is 39.1 Å². The monoisotopic (exact) mass is 358 g/mol. The van der Waals surface area contributed by atoms with Crippen molar-refractivity contribution < 1.29 is 18.4 Å². The third kappa shape index (κ3) is 4.07. The Labute approximate surface area is 150 Å². The Balaban J connectivity index is 1.57. The molecule has 1 heterocycles. The highest BCUT2D eigenvalue weighted by atomic mass is 19.1. The lowest BCUT2D eigenvalue weighted by atomic mass is 10.0. The molecule has 6 heteroatoms. The van der Waals surface area contributed by atoms with E-state index >= 15 is 0 Å². The van der Waals surface area contributed by atoms with Gasteiger partial charge in [0.25, 0.3) is 11.8 Å². The van der Waals surface area contributed by atoms with Crippen LogP contribution in [0.4, 0.5) is 8.78 Å². The molecule has 0 saturated carbocycles. The zero-order valence-electron chi connectivity index (χ0n) is 14.5. The third-order valence-corrected chi connectivity index (χ3v) is 4.56. The highest BCUT2D eigenvalue weighted by molar-refractivity contribution is 5.95. The fourth-order valence-corrected chi connectivity index (χ4v) is 3.12. The van der Waals surface area contributed by atoms with Crippen LogP contribution in [0.15, 0.2) is 42.5 Å². The number of aryl methyl sites for hydroxylation is 1. The standard InChI is InChI=1S/C20H20F2N2O2/c1-13-3-2-4-14(11-13)20(26)24-9-7-16(8-10-24)23-19(25)17-6-5-15(21)12-18(17)22/h2-6,11-12,16H,7-10H2,1H3,(H,23,25). The van der Waals surface area contributed by atoms with Crippen molar-refractivity contribution in [3.8, 4) is 0 Å². The predicted octanol–water partition coefficient (Wildman–Crippen LogP) is 3.31. The largest absolute Gasteiger partial charge is 0.349 e. The molecule has 0 spiro atoms. The number of carbonyl (C=O) groups excluding carboxylic acids is 2. The second-order valence-electron chi connectivity index (χ2n) is 6.53. The summed E-state index contributed by atoms with van der Waals surface area (Å²) in [5.74, 6) is -2.19. The summed E-state index contributed by atoms with van der Waals surface area (Å²) < 4.78 is 26.6. The summed E-state index contributed by atoms with van der Waals surface area (Å²) in [4.78, 5) is 26.5. The van der Waals surface area contributed by atoms with Crippen molar-refractivity contribution in [2.45, 2.75) is 25.8 Å². The van der Waals surface area contributed by atoms with Gasteiger partial charge < -0.3 is 10.2 Å². The SMILES string of the molecule is Cc1cccc(C(=O)N2CCC(NC(=O)c3ccc(F)cc3F)CC2)c1. The molecule has 0 bridgehead atoms. The molecular weight excluding hydrogens is 338 g/mol. The number of hydrogen-bond donors (Lipinski definition) is 1. The molecule has 136 valence electrons. The molecule has 1 fully saturated rings. The molecule has 3 rings (SSSR count). The smallest absolute Gasteiger partial charge is 0.254 e. The van der Waals surface area contributed by atoms with Crippen molar-refractivity contribution in [1.29, 1.82) is 0 Å². The summed E-state index contributed by atoms with van der Waals surface area (Å²) in [5.41, 5.74) is 1.50. The van der Waals surface area contributed by atoms with Crippen LogP contribution in [-0.2, 0) is 0 Å². The first kappa shape index (κ1) is 18.0. The van der Waals surface area contributed by atoms with Gasteiger partial charge >= 0.3 is 0 Å². The Kier molecular flexibility index (Phi) is 5.30. The number of amides is 2. The average Bonchev–Trinajstić information content (AvgIpc) is 2.61. The fourth-order valence-electron chi connectivity index (χ4n) is 3.12. The molecule has 1 N–H and O–H groups in total. The van der Waals surface area contributed by atoms with Crippen LogP contribution in [0.5, 0.6) is 0 Å². The summed E-state index contributed by atoms with van der Waals surface area (Å²) in [7, 11) is 0. The van der Waals surface area contributed by atoms with Gasteiger partial charge in [-0.1, -0.05) is 17.7 Å². The van der Waals surface area contributed by atoms with Crippen LogP contribution < -0.4 is 5.32 Å². The lowest BCUT2D eigenvalue weighted by molar-refractivity contribution is 0.0698. The van der Waals surface area contributed by atoms with E-state index in [-0.39, 0.29) is 17.5 Å². The molecule has 1 aliphatic rings. The molecule has 26 heavy (non-hydrogen) atoms. The van der Waals surface area contributed by atoms with Gasteiger partial charge in [-0.15, -0.1) is 0 Å². The Morgan fingerprint density at radius 1 is 1.08 bits per heavy atom. The van der Waals surface area contributed by atoms with Gasteiger partial charge in [0, 0.05) is 30.8 Å². The summed E-state index contributed by atoms with van der Waals surface area (Å²) in [5, 5.41) is 2.76. The maximum absolute atomic E-state index is 13.7. The normalized spacial score (nSPS) is 15.0. The molecule has 1 saturated heterocycles. The van der Waals surface area contributed by atoms with Crippen LogP contribution in [0.3, 0.4) is 0 Å². The summed E-state index contributed by atoms with van der Waals surface area (Å²) in [6, 6.07) is 10.2. The molecular formula is C20H20F2N2O2. The molecule has 2 aromatic rings. The highest BCUT2D eigenvalue weighted by Gasteiger charge is 2.25. The molecule has 0 radical (unpaired) electrons. The Morgan fingerprint density at radius 2 is 1.81 bits per heavy atom. The van der Waals surface area contributed by atoms with Crippen molar-refractivity contribution in [1.82, 2.24) is 10.2 Å².